The largest absolute Gasteiger partial charge is 0.367 e. The maximum Gasteiger partial charge on any atom is 0.162 e. The Kier molecular flexibility index (Phi) is 6.11. The van der Waals surface area contributed by atoms with Crippen LogP contribution in [0.5, 0.6) is 0 Å². The van der Waals surface area contributed by atoms with Crippen LogP contribution in [-0.4, -0.2) is 27.5 Å². The molecule has 6 heteroatoms. The first-order valence-corrected chi connectivity index (χ1v) is 11.8. The van der Waals surface area contributed by atoms with Crippen LogP contribution >= 0.6 is 11.3 Å². The number of nitrogens with zero attached hydrogens (tertiary/aromatic N) is 3. The number of nitrogens with one attached hydrogen (secondary N) is 1. The SMILES string of the molecule is Cc1sc2c(NCC(N)Cc3ccccc3)nc(-c3ccncc3)nc2c1-c1ccccc1. The van der Waals surface area contributed by atoms with Gasteiger partial charge in [0.1, 0.15) is 5.82 Å². The average Bonchev–Trinajstić information content (AvgIpc) is 3.20. The molecule has 0 amide bonds. The molecule has 5 aromatic rings. The quantitative estimate of drug-likeness (QED) is 0.331. The van der Waals surface area contributed by atoms with Crippen LogP contribution < -0.4 is 11.1 Å². The second kappa shape index (κ2) is 9.48. The van der Waals surface area contributed by atoms with Crippen molar-refractivity contribution in [1.29, 1.82) is 0 Å². The van der Waals surface area contributed by atoms with Gasteiger partial charge in [0.15, 0.2) is 5.82 Å². The summed E-state index contributed by atoms with van der Waals surface area (Å²) in [5, 5.41) is 3.53. The molecule has 3 aromatic heterocycles. The minimum absolute atomic E-state index is 0.0311. The van der Waals surface area contributed by atoms with Crippen molar-refractivity contribution in [3.63, 3.8) is 0 Å². The summed E-state index contributed by atoms with van der Waals surface area (Å²) in [5.41, 5.74) is 11.9. The lowest BCUT2D eigenvalue weighted by molar-refractivity contribution is 0.698. The number of fused-ring (bicyclic) bond motifs is 1. The highest BCUT2D eigenvalue weighted by molar-refractivity contribution is 7.20. The Morgan fingerprint density at radius 3 is 2.30 bits per heavy atom. The van der Waals surface area contributed by atoms with E-state index in [9.17, 15) is 0 Å². The van der Waals surface area contributed by atoms with Crippen LogP contribution in [0, 0.1) is 6.92 Å². The molecular formula is C27H25N5S. The van der Waals surface area contributed by atoms with E-state index in [1.165, 1.54) is 10.4 Å². The Labute approximate surface area is 197 Å². The molecule has 0 aliphatic carbocycles. The molecule has 0 fully saturated rings. The Morgan fingerprint density at radius 1 is 0.879 bits per heavy atom. The predicted molar refractivity (Wildman–Crippen MR) is 137 cm³/mol. The van der Waals surface area contributed by atoms with Gasteiger partial charge in [-0.15, -0.1) is 11.3 Å². The van der Waals surface area contributed by atoms with Crippen molar-refractivity contribution in [1.82, 2.24) is 15.0 Å². The van der Waals surface area contributed by atoms with E-state index >= 15 is 0 Å². The maximum absolute atomic E-state index is 6.46. The van der Waals surface area contributed by atoms with E-state index in [-0.39, 0.29) is 6.04 Å². The number of anilines is 1. The van der Waals surface area contributed by atoms with Crippen molar-refractivity contribution in [2.24, 2.45) is 5.73 Å². The van der Waals surface area contributed by atoms with E-state index in [0.717, 1.165) is 39.1 Å². The molecule has 0 radical (unpaired) electrons. The standard InChI is InChI=1S/C27H25N5S/c1-18-23(20-10-6-3-7-11-20)24-25(33-18)27(32-26(31-24)21-12-14-29-15-13-21)30-17-22(28)16-19-8-4-2-5-9-19/h2-15,22H,16-17,28H2,1H3,(H,30,31,32). The van der Waals surface area contributed by atoms with Crippen LogP contribution in [0.15, 0.2) is 85.2 Å². The van der Waals surface area contributed by atoms with E-state index in [1.54, 1.807) is 23.7 Å². The number of hydrogen-bond donors (Lipinski definition) is 2. The van der Waals surface area contributed by atoms with Crippen LogP contribution in [0.1, 0.15) is 10.4 Å². The van der Waals surface area contributed by atoms with Gasteiger partial charge in [0.05, 0.1) is 10.2 Å². The molecule has 0 saturated carbocycles. The van der Waals surface area contributed by atoms with Crippen molar-refractivity contribution in [2.45, 2.75) is 19.4 Å². The van der Waals surface area contributed by atoms with Crippen LogP contribution in [-0.2, 0) is 6.42 Å². The van der Waals surface area contributed by atoms with Crippen molar-refractivity contribution < 1.29 is 0 Å². The van der Waals surface area contributed by atoms with Gasteiger partial charge in [-0.05, 0) is 36.6 Å². The number of aryl methyl sites for hydroxylation is 1. The van der Waals surface area contributed by atoms with Crippen molar-refractivity contribution in [3.8, 4) is 22.5 Å². The molecule has 1 unspecified atom stereocenters. The van der Waals surface area contributed by atoms with Crippen molar-refractivity contribution >= 4 is 27.4 Å². The average molecular weight is 452 g/mol. The zero-order chi connectivity index (χ0) is 22.6. The molecular weight excluding hydrogens is 426 g/mol. The lowest BCUT2D eigenvalue weighted by Gasteiger charge is -2.14. The molecule has 0 aliphatic heterocycles. The monoisotopic (exact) mass is 451 g/mol. The minimum Gasteiger partial charge on any atom is -0.367 e. The van der Waals surface area contributed by atoms with Gasteiger partial charge in [-0.3, -0.25) is 4.98 Å². The lowest BCUT2D eigenvalue weighted by atomic mass is 10.1. The number of rotatable bonds is 7. The first kappa shape index (κ1) is 21.2. The smallest absolute Gasteiger partial charge is 0.162 e. The molecule has 5 rings (SSSR count). The molecule has 2 aromatic carbocycles. The minimum atomic E-state index is -0.0311. The van der Waals surface area contributed by atoms with Crippen LogP contribution in [0.3, 0.4) is 0 Å². The summed E-state index contributed by atoms with van der Waals surface area (Å²) in [7, 11) is 0. The lowest BCUT2D eigenvalue weighted by Crippen LogP contribution is -2.31. The van der Waals surface area contributed by atoms with E-state index in [0.29, 0.717) is 12.4 Å². The fourth-order valence-corrected chi connectivity index (χ4v) is 5.08. The molecule has 0 bridgehead atoms. The molecule has 3 N–H and O–H groups in total. The highest BCUT2D eigenvalue weighted by atomic mass is 32.1. The zero-order valence-electron chi connectivity index (χ0n) is 18.4. The highest BCUT2D eigenvalue weighted by Crippen LogP contribution is 2.40. The summed E-state index contributed by atoms with van der Waals surface area (Å²) in [6.45, 7) is 2.76. The molecule has 0 aliphatic rings. The van der Waals surface area contributed by atoms with E-state index in [4.69, 9.17) is 15.7 Å². The van der Waals surface area contributed by atoms with E-state index in [1.807, 2.05) is 36.4 Å². The topological polar surface area (TPSA) is 76.7 Å². The first-order valence-electron chi connectivity index (χ1n) is 11.0. The summed E-state index contributed by atoms with van der Waals surface area (Å²) in [6, 6.07) is 24.6. The third-order valence-electron chi connectivity index (χ3n) is 5.58. The molecule has 0 saturated heterocycles. The Bertz CT molecular complexity index is 1350. The number of nitrogens with two attached hydrogens (primary N) is 1. The van der Waals surface area contributed by atoms with E-state index < -0.39 is 0 Å². The second-order valence-electron chi connectivity index (χ2n) is 8.04. The zero-order valence-corrected chi connectivity index (χ0v) is 19.2. The van der Waals surface area contributed by atoms with Gasteiger partial charge in [-0.1, -0.05) is 60.7 Å². The summed E-state index contributed by atoms with van der Waals surface area (Å²) >= 11 is 1.72. The van der Waals surface area contributed by atoms with Crippen molar-refractivity contribution in [3.05, 3.63) is 95.6 Å². The van der Waals surface area contributed by atoms with Gasteiger partial charge in [-0.2, -0.15) is 0 Å². The predicted octanol–water partition coefficient (Wildman–Crippen LogP) is 5.71. The third kappa shape index (κ3) is 4.62. The second-order valence-corrected chi connectivity index (χ2v) is 9.26. The Morgan fingerprint density at radius 2 is 1.58 bits per heavy atom. The number of hydrogen-bond acceptors (Lipinski definition) is 6. The van der Waals surface area contributed by atoms with Gasteiger partial charge >= 0.3 is 0 Å². The maximum atomic E-state index is 6.46. The Balaban J connectivity index is 1.54. The van der Waals surface area contributed by atoms with Gasteiger partial charge in [0.25, 0.3) is 0 Å². The fraction of sp³-hybridized carbons (Fsp3) is 0.148. The van der Waals surface area contributed by atoms with Crippen LogP contribution in [0.4, 0.5) is 5.82 Å². The molecule has 5 nitrogen and oxygen atoms in total. The van der Waals surface area contributed by atoms with Crippen LogP contribution in [0.25, 0.3) is 32.7 Å². The summed E-state index contributed by atoms with van der Waals surface area (Å²) in [5.74, 6) is 1.50. The number of thiophene rings is 1. The Hall–Kier alpha value is -3.61. The molecule has 0 spiro atoms. The number of benzene rings is 2. The fourth-order valence-electron chi connectivity index (χ4n) is 4.00. The molecule has 3 heterocycles. The normalized spacial score (nSPS) is 12.1. The van der Waals surface area contributed by atoms with Gasteiger partial charge < -0.3 is 11.1 Å². The molecule has 164 valence electrons. The number of pyridine rings is 1. The molecule has 33 heavy (non-hydrogen) atoms. The summed E-state index contributed by atoms with van der Waals surface area (Å²) in [6.07, 6.45) is 4.34. The number of aromatic nitrogens is 3. The summed E-state index contributed by atoms with van der Waals surface area (Å²) < 4.78 is 1.05. The van der Waals surface area contributed by atoms with E-state index in [2.05, 4.69) is 53.6 Å². The first-order chi connectivity index (χ1) is 16.2. The third-order valence-corrected chi connectivity index (χ3v) is 6.68. The van der Waals surface area contributed by atoms with Crippen molar-refractivity contribution in [2.75, 3.05) is 11.9 Å². The molecule has 1 atom stereocenters. The summed E-state index contributed by atoms with van der Waals surface area (Å²) in [4.78, 5) is 15.3. The van der Waals surface area contributed by atoms with Gasteiger partial charge in [0, 0.05) is 41.0 Å². The van der Waals surface area contributed by atoms with Crippen LogP contribution in [0.2, 0.25) is 0 Å². The van der Waals surface area contributed by atoms with Gasteiger partial charge in [0.2, 0.25) is 0 Å². The van der Waals surface area contributed by atoms with Gasteiger partial charge in [-0.25, -0.2) is 9.97 Å². The highest BCUT2D eigenvalue weighted by Gasteiger charge is 2.19.